The topological polar surface area (TPSA) is 26.3 Å². The highest BCUT2D eigenvalue weighted by Crippen LogP contribution is 2.18. The number of hydrogen-bond donors (Lipinski definition) is 0. The first kappa shape index (κ1) is 17.5. The van der Waals surface area contributed by atoms with E-state index in [0.29, 0.717) is 6.42 Å². The minimum atomic E-state index is -2.52. The van der Waals surface area contributed by atoms with E-state index >= 15 is 0 Å². The van der Waals surface area contributed by atoms with Gasteiger partial charge in [-0.05, 0) is 22.8 Å². The van der Waals surface area contributed by atoms with Crippen molar-refractivity contribution in [2.75, 3.05) is 0 Å². The summed E-state index contributed by atoms with van der Waals surface area (Å²) in [6.45, 7) is 4.20. The molecule has 0 heterocycles. The molecule has 0 saturated heterocycles. The van der Waals surface area contributed by atoms with Gasteiger partial charge in [-0.1, -0.05) is 87.4 Å². The molecule has 0 unspecified atom stereocenters. The Morgan fingerprint density at radius 2 is 1.39 bits per heavy atom. The van der Waals surface area contributed by atoms with E-state index in [1.165, 1.54) is 10.4 Å². The van der Waals surface area contributed by atoms with E-state index in [1.54, 1.807) is 0 Å². The van der Waals surface area contributed by atoms with Gasteiger partial charge in [0.2, 0.25) is 0 Å². The van der Waals surface area contributed by atoms with Gasteiger partial charge < -0.3 is 4.43 Å². The zero-order valence-corrected chi connectivity index (χ0v) is 15.1. The first-order valence-corrected chi connectivity index (χ1v) is 10.7. The lowest BCUT2D eigenvalue weighted by Gasteiger charge is -2.32. The highest BCUT2D eigenvalue weighted by molar-refractivity contribution is 6.98. The number of benzene rings is 2. The van der Waals surface area contributed by atoms with Gasteiger partial charge in [-0.25, -0.2) is 0 Å². The molecule has 2 aromatic rings. The van der Waals surface area contributed by atoms with E-state index in [4.69, 9.17) is 4.43 Å². The van der Waals surface area contributed by atoms with Crippen molar-refractivity contribution in [1.82, 2.24) is 0 Å². The maximum absolute atomic E-state index is 12.4. The number of carbonyl (C=O) groups is 1. The van der Waals surface area contributed by atoms with Crippen LogP contribution in [0.4, 0.5) is 0 Å². The summed E-state index contributed by atoms with van der Waals surface area (Å²) in [5.41, 5.74) is 0. The molecule has 122 valence electrons. The first-order valence-electron chi connectivity index (χ1n) is 8.56. The fraction of sp³-hybridized carbons (Fsp3) is 0.350. The molecule has 0 aliphatic rings. The summed E-state index contributed by atoms with van der Waals surface area (Å²) in [7, 11) is -2.52. The van der Waals surface area contributed by atoms with Crippen molar-refractivity contribution in [3.05, 3.63) is 60.7 Å². The molecule has 0 aromatic heterocycles. The maximum atomic E-state index is 12.4. The molecule has 0 spiro atoms. The van der Waals surface area contributed by atoms with Gasteiger partial charge in [-0.3, -0.25) is 4.79 Å². The van der Waals surface area contributed by atoms with Gasteiger partial charge >= 0.3 is 8.32 Å². The lowest BCUT2D eigenvalue weighted by atomic mass is 10.3. The Bertz CT molecular complexity index is 556. The molecule has 0 atom stereocenters. The molecule has 3 heteroatoms. The van der Waals surface area contributed by atoms with Gasteiger partial charge in [0.1, 0.15) is 0 Å². The van der Waals surface area contributed by atoms with Crippen LogP contribution < -0.4 is 10.4 Å². The Labute approximate surface area is 140 Å². The molecule has 2 nitrogen and oxygen atoms in total. The van der Waals surface area contributed by atoms with Crippen LogP contribution >= 0.6 is 0 Å². The molecule has 0 saturated carbocycles. The molecule has 0 bridgehead atoms. The molecular formula is C20H26O2Si. The van der Waals surface area contributed by atoms with Gasteiger partial charge in [0.15, 0.2) is 0 Å². The molecule has 0 radical (unpaired) electrons. The number of unbranched alkanes of at least 4 members (excludes halogenated alkanes) is 1. The zero-order chi connectivity index (χ0) is 16.5. The van der Waals surface area contributed by atoms with Gasteiger partial charge in [-0.15, -0.1) is 0 Å². The Morgan fingerprint density at radius 1 is 0.870 bits per heavy atom. The molecular weight excluding hydrogens is 300 g/mol. The summed E-state index contributed by atoms with van der Waals surface area (Å²) in [5, 5.41) is 2.37. The normalized spacial score (nSPS) is 11.2. The van der Waals surface area contributed by atoms with E-state index < -0.39 is 8.32 Å². The Morgan fingerprint density at radius 3 is 1.83 bits per heavy atom. The predicted molar refractivity (Wildman–Crippen MR) is 98.6 cm³/mol. The van der Waals surface area contributed by atoms with Crippen LogP contribution in [0.5, 0.6) is 0 Å². The predicted octanol–water partition coefficient (Wildman–Crippen LogP) is 3.89. The number of hydrogen-bond acceptors (Lipinski definition) is 2. The zero-order valence-electron chi connectivity index (χ0n) is 14.1. The van der Waals surface area contributed by atoms with Crippen molar-refractivity contribution < 1.29 is 9.22 Å². The van der Waals surface area contributed by atoms with Crippen LogP contribution in [0.2, 0.25) is 6.04 Å². The summed E-state index contributed by atoms with van der Waals surface area (Å²) in [5.74, 6) is -0.0667. The fourth-order valence-corrected chi connectivity index (χ4v) is 6.97. The second-order valence-corrected chi connectivity index (χ2v) is 9.40. The maximum Gasteiger partial charge on any atom is 0.318 e. The summed E-state index contributed by atoms with van der Waals surface area (Å²) in [4.78, 5) is 12.4. The Balaban J connectivity index is 2.51. The molecule has 0 aliphatic heterocycles. The second-order valence-electron chi connectivity index (χ2n) is 5.89. The molecule has 0 fully saturated rings. The van der Waals surface area contributed by atoms with Gasteiger partial charge in [0.05, 0.1) is 0 Å². The molecule has 0 aliphatic carbocycles. The molecule has 23 heavy (non-hydrogen) atoms. The van der Waals surface area contributed by atoms with Gasteiger partial charge in [0, 0.05) is 6.42 Å². The van der Waals surface area contributed by atoms with Crippen LogP contribution in [0.3, 0.4) is 0 Å². The van der Waals surface area contributed by atoms with Crippen LogP contribution in [0.25, 0.3) is 0 Å². The average Bonchev–Trinajstić information content (AvgIpc) is 2.60. The quantitative estimate of drug-likeness (QED) is 0.688. The van der Waals surface area contributed by atoms with E-state index in [1.807, 2.05) is 43.3 Å². The van der Waals surface area contributed by atoms with Crippen LogP contribution in [-0.2, 0) is 9.22 Å². The standard InChI is InChI=1S/C20H26O2Si/c1-3-5-17-23(22-20(21)12-4-2,18-13-8-6-9-14-18)19-15-10-7-11-16-19/h6-11,13-16H,3-5,12,17H2,1-2H3. The largest absolute Gasteiger partial charge is 0.510 e. The van der Waals surface area contributed by atoms with Gasteiger partial charge in [0.25, 0.3) is 5.97 Å². The van der Waals surface area contributed by atoms with Crippen LogP contribution in [0.15, 0.2) is 60.7 Å². The molecule has 0 N–H and O–H groups in total. The first-order chi connectivity index (χ1) is 11.2. The Kier molecular flexibility index (Phi) is 6.60. The van der Waals surface area contributed by atoms with Gasteiger partial charge in [-0.2, -0.15) is 0 Å². The summed E-state index contributed by atoms with van der Waals surface area (Å²) < 4.78 is 6.25. The van der Waals surface area contributed by atoms with E-state index in [2.05, 4.69) is 31.2 Å². The van der Waals surface area contributed by atoms with Crippen molar-refractivity contribution in [2.24, 2.45) is 0 Å². The average molecular weight is 327 g/mol. The SMILES string of the molecule is CCCC[Si](OC(=O)CCC)(c1ccccc1)c1ccccc1. The monoisotopic (exact) mass is 326 g/mol. The summed E-state index contributed by atoms with van der Waals surface area (Å²) in [6.07, 6.45) is 3.47. The van der Waals surface area contributed by atoms with E-state index in [0.717, 1.165) is 25.3 Å². The smallest absolute Gasteiger partial charge is 0.318 e. The summed E-state index contributed by atoms with van der Waals surface area (Å²) >= 11 is 0. The Hall–Kier alpha value is -1.87. The lowest BCUT2D eigenvalue weighted by molar-refractivity contribution is -0.135. The van der Waals surface area contributed by atoms with Crippen LogP contribution in [-0.4, -0.2) is 14.3 Å². The highest BCUT2D eigenvalue weighted by atomic mass is 28.4. The third-order valence-electron chi connectivity index (χ3n) is 4.10. The molecule has 2 rings (SSSR count). The van der Waals surface area contributed by atoms with Crippen LogP contribution in [0, 0.1) is 0 Å². The molecule has 2 aromatic carbocycles. The highest BCUT2D eigenvalue weighted by Gasteiger charge is 2.42. The number of rotatable bonds is 8. The minimum Gasteiger partial charge on any atom is -0.510 e. The lowest BCUT2D eigenvalue weighted by Crippen LogP contribution is -2.61. The van der Waals surface area contributed by atoms with Crippen LogP contribution in [0.1, 0.15) is 39.5 Å². The van der Waals surface area contributed by atoms with Crippen molar-refractivity contribution in [2.45, 2.75) is 45.6 Å². The van der Waals surface area contributed by atoms with E-state index in [9.17, 15) is 4.79 Å². The fourth-order valence-electron chi connectivity index (χ4n) is 2.91. The second kappa shape index (κ2) is 8.68. The number of carbonyl (C=O) groups excluding carboxylic acids is 1. The van der Waals surface area contributed by atoms with Crippen molar-refractivity contribution in [1.29, 1.82) is 0 Å². The third kappa shape index (κ3) is 4.32. The van der Waals surface area contributed by atoms with Crippen molar-refractivity contribution >= 4 is 24.7 Å². The van der Waals surface area contributed by atoms with Crippen molar-refractivity contribution in [3.63, 3.8) is 0 Å². The summed E-state index contributed by atoms with van der Waals surface area (Å²) in [6, 6.07) is 21.6. The van der Waals surface area contributed by atoms with E-state index in [-0.39, 0.29) is 5.97 Å². The third-order valence-corrected chi connectivity index (χ3v) is 8.27. The van der Waals surface area contributed by atoms with Crippen molar-refractivity contribution in [3.8, 4) is 0 Å². The minimum absolute atomic E-state index is 0.0667. The molecule has 0 amide bonds.